The highest BCUT2D eigenvalue weighted by atomic mass is 19.1. The van der Waals surface area contributed by atoms with E-state index in [1.165, 1.54) is 19.1 Å². The zero-order valence-corrected chi connectivity index (χ0v) is 9.16. The van der Waals surface area contributed by atoms with Crippen molar-refractivity contribution in [3.8, 4) is 0 Å². The molecule has 0 heterocycles. The molecular formula is C11H13FN2O2. The number of esters is 1. The Hall–Kier alpha value is -1.91. The van der Waals surface area contributed by atoms with Crippen LogP contribution in [0.1, 0.15) is 13.8 Å². The lowest BCUT2D eigenvalue weighted by atomic mass is 10.3. The molecule has 0 saturated heterocycles. The molecule has 1 aromatic rings. The van der Waals surface area contributed by atoms with Crippen molar-refractivity contribution in [3.05, 3.63) is 30.1 Å². The second kappa shape index (κ2) is 5.85. The second-order valence-electron chi connectivity index (χ2n) is 3.01. The van der Waals surface area contributed by atoms with Crippen molar-refractivity contribution in [2.24, 2.45) is 5.10 Å². The molecule has 0 amide bonds. The minimum absolute atomic E-state index is 0.144. The summed E-state index contributed by atoms with van der Waals surface area (Å²) < 4.78 is 17.9. The maximum Gasteiger partial charge on any atom is 0.354 e. The lowest BCUT2D eigenvalue weighted by molar-refractivity contribution is -0.135. The summed E-state index contributed by atoms with van der Waals surface area (Å²) >= 11 is 0. The highest BCUT2D eigenvalue weighted by Crippen LogP contribution is 2.11. The van der Waals surface area contributed by atoms with Crippen LogP contribution in [0, 0.1) is 5.82 Å². The molecule has 4 nitrogen and oxygen atoms in total. The van der Waals surface area contributed by atoms with Crippen LogP contribution in [-0.4, -0.2) is 18.3 Å². The van der Waals surface area contributed by atoms with Crippen molar-refractivity contribution in [2.75, 3.05) is 12.0 Å². The summed E-state index contributed by atoms with van der Waals surface area (Å²) in [6.07, 6.45) is 0. The average Bonchev–Trinajstić information content (AvgIpc) is 2.28. The van der Waals surface area contributed by atoms with Crippen LogP contribution in [0.5, 0.6) is 0 Å². The lowest BCUT2D eigenvalue weighted by Crippen LogP contribution is -2.15. The molecule has 0 aliphatic carbocycles. The van der Waals surface area contributed by atoms with Crippen molar-refractivity contribution < 1.29 is 13.9 Å². The van der Waals surface area contributed by atoms with Gasteiger partial charge in [-0.05, 0) is 26.0 Å². The van der Waals surface area contributed by atoms with Gasteiger partial charge in [0.1, 0.15) is 11.5 Å². The van der Waals surface area contributed by atoms with Gasteiger partial charge in [0.2, 0.25) is 0 Å². The lowest BCUT2D eigenvalue weighted by Gasteiger charge is -2.03. The number of hydrogen-bond acceptors (Lipinski definition) is 4. The van der Waals surface area contributed by atoms with Gasteiger partial charge in [-0.3, -0.25) is 5.43 Å². The number of anilines is 1. The SMILES string of the molecule is CCOC(=O)/C(C)=N/Nc1ccccc1F. The molecule has 0 saturated carbocycles. The third kappa shape index (κ3) is 3.34. The zero-order valence-electron chi connectivity index (χ0n) is 9.16. The molecule has 0 unspecified atom stereocenters. The summed E-state index contributed by atoms with van der Waals surface area (Å²) in [7, 11) is 0. The van der Waals surface area contributed by atoms with Crippen LogP contribution >= 0.6 is 0 Å². The quantitative estimate of drug-likeness (QED) is 0.484. The van der Waals surface area contributed by atoms with Gasteiger partial charge in [-0.1, -0.05) is 12.1 Å². The highest BCUT2D eigenvalue weighted by Gasteiger charge is 2.06. The molecule has 16 heavy (non-hydrogen) atoms. The summed E-state index contributed by atoms with van der Waals surface area (Å²) in [6.45, 7) is 3.48. The Morgan fingerprint density at radius 3 is 2.81 bits per heavy atom. The number of benzene rings is 1. The maximum atomic E-state index is 13.1. The Morgan fingerprint density at radius 2 is 2.19 bits per heavy atom. The Kier molecular flexibility index (Phi) is 4.44. The highest BCUT2D eigenvalue weighted by molar-refractivity contribution is 6.35. The van der Waals surface area contributed by atoms with E-state index >= 15 is 0 Å². The molecule has 0 atom stereocenters. The summed E-state index contributed by atoms with van der Waals surface area (Å²) in [5.74, 6) is -0.950. The van der Waals surface area contributed by atoms with Crippen LogP contribution < -0.4 is 5.43 Å². The number of carbonyl (C=O) groups is 1. The summed E-state index contributed by atoms with van der Waals surface area (Å²) in [4.78, 5) is 11.2. The minimum Gasteiger partial charge on any atom is -0.461 e. The third-order valence-corrected chi connectivity index (χ3v) is 1.79. The second-order valence-corrected chi connectivity index (χ2v) is 3.01. The van der Waals surface area contributed by atoms with Crippen LogP contribution in [-0.2, 0) is 9.53 Å². The molecule has 0 aliphatic rings. The van der Waals surface area contributed by atoms with Gasteiger partial charge < -0.3 is 4.74 Å². The van der Waals surface area contributed by atoms with E-state index in [1.807, 2.05) is 0 Å². The molecular weight excluding hydrogens is 211 g/mol. The van der Waals surface area contributed by atoms with Gasteiger partial charge in [0.25, 0.3) is 0 Å². The van der Waals surface area contributed by atoms with Gasteiger partial charge in [-0.25, -0.2) is 9.18 Å². The molecule has 0 fully saturated rings. The van der Waals surface area contributed by atoms with Crippen LogP contribution in [0.4, 0.5) is 10.1 Å². The number of hydrazone groups is 1. The topological polar surface area (TPSA) is 50.7 Å². The van der Waals surface area contributed by atoms with Gasteiger partial charge in [0, 0.05) is 0 Å². The first-order chi connectivity index (χ1) is 7.65. The van der Waals surface area contributed by atoms with Crippen molar-refractivity contribution in [2.45, 2.75) is 13.8 Å². The van der Waals surface area contributed by atoms with E-state index in [4.69, 9.17) is 4.74 Å². The van der Waals surface area contributed by atoms with Crippen molar-refractivity contribution >= 4 is 17.4 Å². The first-order valence-electron chi connectivity index (χ1n) is 4.87. The van der Waals surface area contributed by atoms with Crippen LogP contribution in [0.25, 0.3) is 0 Å². The average molecular weight is 224 g/mol. The van der Waals surface area contributed by atoms with E-state index in [1.54, 1.807) is 19.1 Å². The van der Waals surface area contributed by atoms with E-state index in [0.717, 1.165) is 0 Å². The Balaban J connectivity index is 2.66. The maximum absolute atomic E-state index is 13.1. The molecule has 0 spiro atoms. The van der Waals surface area contributed by atoms with E-state index in [-0.39, 0.29) is 18.0 Å². The molecule has 0 radical (unpaired) electrons. The largest absolute Gasteiger partial charge is 0.461 e. The molecule has 1 N–H and O–H groups in total. The van der Waals surface area contributed by atoms with Gasteiger partial charge in [0.15, 0.2) is 0 Å². The van der Waals surface area contributed by atoms with E-state index in [9.17, 15) is 9.18 Å². The van der Waals surface area contributed by atoms with Gasteiger partial charge in [0.05, 0.1) is 12.3 Å². The number of halogens is 1. The van der Waals surface area contributed by atoms with Gasteiger partial charge >= 0.3 is 5.97 Å². The Morgan fingerprint density at radius 1 is 1.50 bits per heavy atom. The molecule has 86 valence electrons. The summed E-state index contributed by atoms with van der Waals surface area (Å²) in [5.41, 5.74) is 2.82. The smallest absolute Gasteiger partial charge is 0.354 e. The molecule has 1 rings (SSSR count). The van der Waals surface area contributed by atoms with E-state index in [2.05, 4.69) is 10.5 Å². The molecule has 0 aliphatic heterocycles. The fourth-order valence-corrected chi connectivity index (χ4v) is 0.977. The van der Waals surface area contributed by atoms with Crippen LogP contribution in [0.2, 0.25) is 0 Å². The number of hydrogen-bond donors (Lipinski definition) is 1. The fourth-order valence-electron chi connectivity index (χ4n) is 0.977. The first kappa shape index (κ1) is 12.2. The number of nitrogens with one attached hydrogen (secondary N) is 1. The predicted molar refractivity (Wildman–Crippen MR) is 59.8 cm³/mol. The van der Waals surface area contributed by atoms with Crippen LogP contribution in [0.15, 0.2) is 29.4 Å². The molecule has 1 aromatic carbocycles. The molecule has 0 bridgehead atoms. The normalized spacial score (nSPS) is 11.1. The number of nitrogens with zero attached hydrogens (tertiary/aromatic N) is 1. The standard InChI is InChI=1S/C11H13FN2O2/c1-3-16-11(15)8(2)13-14-10-7-5-4-6-9(10)12/h4-7,14H,3H2,1-2H3/b13-8+. The Labute approximate surface area is 93.1 Å². The van der Waals surface area contributed by atoms with Gasteiger partial charge in [-0.2, -0.15) is 5.10 Å². The first-order valence-corrected chi connectivity index (χ1v) is 4.87. The zero-order chi connectivity index (χ0) is 12.0. The van der Waals surface area contributed by atoms with E-state index in [0.29, 0.717) is 0 Å². The fraction of sp³-hybridized carbons (Fsp3) is 0.273. The summed E-state index contributed by atoms with van der Waals surface area (Å²) in [6, 6.07) is 6.07. The van der Waals surface area contributed by atoms with Crippen molar-refractivity contribution in [1.82, 2.24) is 0 Å². The number of ether oxygens (including phenoxy) is 1. The van der Waals surface area contributed by atoms with E-state index < -0.39 is 11.8 Å². The molecule has 5 heteroatoms. The monoisotopic (exact) mass is 224 g/mol. The van der Waals surface area contributed by atoms with Crippen molar-refractivity contribution in [1.29, 1.82) is 0 Å². The summed E-state index contributed by atoms with van der Waals surface area (Å²) in [5, 5.41) is 3.73. The third-order valence-electron chi connectivity index (χ3n) is 1.79. The van der Waals surface area contributed by atoms with Gasteiger partial charge in [-0.15, -0.1) is 0 Å². The predicted octanol–water partition coefficient (Wildman–Crippen LogP) is 2.18. The molecule has 0 aromatic heterocycles. The number of rotatable bonds is 4. The van der Waals surface area contributed by atoms with Crippen molar-refractivity contribution in [3.63, 3.8) is 0 Å². The minimum atomic E-state index is -0.522. The number of carbonyl (C=O) groups excluding carboxylic acids is 1. The number of para-hydroxylation sites is 1. The van der Waals surface area contributed by atoms with Crippen LogP contribution in [0.3, 0.4) is 0 Å². The Bertz CT molecular complexity index is 405.